The number of methoxy groups -OCH3 is 1. The Balaban J connectivity index is 2.54. The average Bonchev–Trinajstić information content (AvgIpc) is 2.79. The number of hydrogen-bond donors (Lipinski definition) is 1. The van der Waals surface area contributed by atoms with Gasteiger partial charge in [-0.25, -0.2) is 0 Å². The van der Waals surface area contributed by atoms with Crippen LogP contribution in [-0.4, -0.2) is 30.5 Å². The summed E-state index contributed by atoms with van der Waals surface area (Å²) < 4.78 is 10.8. The molecule has 104 valence electrons. The van der Waals surface area contributed by atoms with Crippen molar-refractivity contribution in [3.05, 3.63) is 11.8 Å². The number of rotatable bonds is 9. The molecule has 5 heteroatoms. The molecule has 1 heterocycles. The number of hydrogen-bond acceptors (Lipinski definition) is 5. The minimum atomic E-state index is 0.170. The zero-order valence-corrected chi connectivity index (χ0v) is 11.9. The Morgan fingerprint density at radius 3 is 2.72 bits per heavy atom. The molecule has 1 aromatic rings. The van der Waals surface area contributed by atoms with Gasteiger partial charge in [0.05, 0.1) is 6.04 Å². The highest BCUT2D eigenvalue weighted by Gasteiger charge is 2.17. The number of nitrogens with zero attached hydrogens (tertiary/aromatic N) is 2. The first-order valence-corrected chi connectivity index (χ1v) is 6.75. The van der Waals surface area contributed by atoms with Gasteiger partial charge in [0.15, 0.2) is 0 Å². The van der Waals surface area contributed by atoms with Crippen LogP contribution in [0.1, 0.15) is 51.4 Å². The maximum absolute atomic E-state index is 5.71. The van der Waals surface area contributed by atoms with Crippen LogP contribution in [0.15, 0.2) is 4.42 Å². The Morgan fingerprint density at radius 1 is 1.33 bits per heavy atom. The van der Waals surface area contributed by atoms with Crippen LogP contribution in [0.3, 0.4) is 0 Å². The lowest BCUT2D eigenvalue weighted by Crippen LogP contribution is -2.21. The smallest absolute Gasteiger partial charge is 0.233 e. The number of nitrogens with one attached hydrogen (secondary N) is 1. The van der Waals surface area contributed by atoms with Crippen LogP contribution in [0.4, 0.5) is 0 Å². The van der Waals surface area contributed by atoms with Crippen molar-refractivity contribution >= 4 is 0 Å². The minimum absolute atomic E-state index is 0.170. The second kappa shape index (κ2) is 8.21. The first kappa shape index (κ1) is 15.1. The standard InChI is InChI=1S/C13H25N3O2/c1-5-7-14-11(6-2)13-16-15-12(18-13)8-10(3)9-17-4/h10-11,14H,5-9H2,1-4H3. The summed E-state index contributed by atoms with van der Waals surface area (Å²) in [5, 5.41) is 11.6. The van der Waals surface area contributed by atoms with Gasteiger partial charge in [-0.3, -0.25) is 0 Å². The third-order valence-electron chi connectivity index (χ3n) is 2.80. The second-order valence-electron chi connectivity index (χ2n) is 4.71. The fourth-order valence-corrected chi connectivity index (χ4v) is 1.86. The zero-order chi connectivity index (χ0) is 13.4. The van der Waals surface area contributed by atoms with Crippen LogP contribution >= 0.6 is 0 Å². The van der Waals surface area contributed by atoms with E-state index in [0.29, 0.717) is 24.3 Å². The molecule has 2 atom stereocenters. The number of aromatic nitrogens is 2. The Hall–Kier alpha value is -0.940. The van der Waals surface area contributed by atoms with Gasteiger partial charge in [0, 0.05) is 20.1 Å². The van der Waals surface area contributed by atoms with E-state index in [1.54, 1.807) is 7.11 Å². The van der Waals surface area contributed by atoms with Crippen molar-refractivity contribution in [2.75, 3.05) is 20.3 Å². The van der Waals surface area contributed by atoms with Gasteiger partial charge in [0.25, 0.3) is 0 Å². The molecule has 0 fully saturated rings. The normalized spacial score (nSPS) is 14.7. The molecule has 1 N–H and O–H groups in total. The number of ether oxygens (including phenoxy) is 1. The van der Waals surface area contributed by atoms with Crippen molar-refractivity contribution in [2.24, 2.45) is 5.92 Å². The topological polar surface area (TPSA) is 60.2 Å². The summed E-state index contributed by atoms with van der Waals surface area (Å²) in [5.74, 6) is 1.80. The van der Waals surface area contributed by atoms with Crippen molar-refractivity contribution in [1.82, 2.24) is 15.5 Å². The molecule has 0 aliphatic carbocycles. The molecule has 0 saturated heterocycles. The largest absolute Gasteiger partial charge is 0.424 e. The third-order valence-corrected chi connectivity index (χ3v) is 2.80. The van der Waals surface area contributed by atoms with Crippen LogP contribution in [-0.2, 0) is 11.2 Å². The van der Waals surface area contributed by atoms with E-state index in [0.717, 1.165) is 25.8 Å². The van der Waals surface area contributed by atoms with Gasteiger partial charge in [-0.1, -0.05) is 20.8 Å². The molecule has 18 heavy (non-hydrogen) atoms. The molecule has 1 aromatic heterocycles. The molecule has 1 rings (SSSR count). The van der Waals surface area contributed by atoms with E-state index in [1.807, 2.05) is 0 Å². The summed E-state index contributed by atoms with van der Waals surface area (Å²) in [5.41, 5.74) is 0. The van der Waals surface area contributed by atoms with Gasteiger partial charge in [0.1, 0.15) is 0 Å². The molecule has 0 radical (unpaired) electrons. The molecular weight excluding hydrogens is 230 g/mol. The summed E-state index contributed by atoms with van der Waals surface area (Å²) in [7, 11) is 1.71. The average molecular weight is 255 g/mol. The zero-order valence-electron chi connectivity index (χ0n) is 11.9. The van der Waals surface area contributed by atoms with Crippen LogP contribution in [0.2, 0.25) is 0 Å². The van der Waals surface area contributed by atoms with Crippen molar-refractivity contribution in [1.29, 1.82) is 0 Å². The highest BCUT2D eigenvalue weighted by Crippen LogP contribution is 2.16. The Morgan fingerprint density at radius 2 is 2.11 bits per heavy atom. The van der Waals surface area contributed by atoms with E-state index in [1.165, 1.54) is 0 Å². The highest BCUT2D eigenvalue weighted by molar-refractivity contribution is 4.90. The summed E-state index contributed by atoms with van der Waals surface area (Å²) in [6.07, 6.45) is 2.82. The molecule has 0 spiro atoms. The fourth-order valence-electron chi connectivity index (χ4n) is 1.86. The maximum Gasteiger partial charge on any atom is 0.233 e. The summed E-state index contributed by atoms with van der Waals surface area (Å²) in [6.45, 7) is 8.05. The lowest BCUT2D eigenvalue weighted by molar-refractivity contribution is 0.155. The second-order valence-corrected chi connectivity index (χ2v) is 4.71. The van der Waals surface area contributed by atoms with E-state index < -0.39 is 0 Å². The summed E-state index contributed by atoms with van der Waals surface area (Å²) in [4.78, 5) is 0. The minimum Gasteiger partial charge on any atom is -0.424 e. The van der Waals surface area contributed by atoms with Crippen LogP contribution in [0.25, 0.3) is 0 Å². The predicted octanol–water partition coefficient (Wildman–Crippen LogP) is 2.35. The van der Waals surface area contributed by atoms with Crippen molar-refractivity contribution in [3.8, 4) is 0 Å². The van der Waals surface area contributed by atoms with Crippen LogP contribution < -0.4 is 5.32 Å². The maximum atomic E-state index is 5.71. The van der Waals surface area contributed by atoms with Crippen molar-refractivity contribution in [3.63, 3.8) is 0 Å². The lowest BCUT2D eigenvalue weighted by Gasteiger charge is -2.11. The first-order valence-electron chi connectivity index (χ1n) is 6.75. The van der Waals surface area contributed by atoms with E-state index in [9.17, 15) is 0 Å². The van der Waals surface area contributed by atoms with Gasteiger partial charge >= 0.3 is 0 Å². The molecule has 0 amide bonds. The van der Waals surface area contributed by atoms with E-state index >= 15 is 0 Å². The fraction of sp³-hybridized carbons (Fsp3) is 0.846. The van der Waals surface area contributed by atoms with Gasteiger partial charge in [-0.2, -0.15) is 0 Å². The van der Waals surface area contributed by atoms with Crippen LogP contribution in [0.5, 0.6) is 0 Å². The SMILES string of the molecule is CCCNC(CC)c1nnc(CC(C)COC)o1. The van der Waals surface area contributed by atoms with Crippen LogP contribution in [0, 0.1) is 5.92 Å². The quantitative estimate of drug-likeness (QED) is 0.734. The van der Waals surface area contributed by atoms with Gasteiger partial charge in [-0.05, 0) is 25.3 Å². The monoisotopic (exact) mass is 255 g/mol. The molecule has 0 aliphatic rings. The molecule has 5 nitrogen and oxygen atoms in total. The molecule has 0 aliphatic heterocycles. The highest BCUT2D eigenvalue weighted by atomic mass is 16.5. The predicted molar refractivity (Wildman–Crippen MR) is 70.4 cm³/mol. The lowest BCUT2D eigenvalue weighted by atomic mass is 10.1. The van der Waals surface area contributed by atoms with E-state index in [4.69, 9.17) is 9.15 Å². The van der Waals surface area contributed by atoms with E-state index in [2.05, 4.69) is 36.3 Å². The Kier molecular flexibility index (Phi) is 6.90. The van der Waals surface area contributed by atoms with Crippen molar-refractivity contribution in [2.45, 2.75) is 46.1 Å². The van der Waals surface area contributed by atoms with E-state index in [-0.39, 0.29) is 6.04 Å². The van der Waals surface area contributed by atoms with Gasteiger partial charge in [0.2, 0.25) is 11.8 Å². The first-order chi connectivity index (χ1) is 8.71. The Labute approximate surface area is 109 Å². The summed E-state index contributed by atoms with van der Waals surface area (Å²) >= 11 is 0. The third kappa shape index (κ3) is 4.74. The molecule has 0 aromatic carbocycles. The van der Waals surface area contributed by atoms with Crippen molar-refractivity contribution < 1.29 is 9.15 Å². The molecule has 0 saturated carbocycles. The molecular formula is C13H25N3O2. The Bertz CT molecular complexity index is 328. The summed E-state index contributed by atoms with van der Waals surface area (Å²) in [6, 6.07) is 0.170. The van der Waals surface area contributed by atoms with Gasteiger partial charge < -0.3 is 14.5 Å². The molecule has 0 bridgehead atoms. The van der Waals surface area contributed by atoms with Gasteiger partial charge in [-0.15, -0.1) is 10.2 Å². The molecule has 2 unspecified atom stereocenters.